The minimum absolute atomic E-state index is 0.295. The topological polar surface area (TPSA) is 116 Å². The molecule has 0 bridgehead atoms. The van der Waals surface area contributed by atoms with Crippen LogP contribution >= 0.6 is 0 Å². The van der Waals surface area contributed by atoms with Gasteiger partial charge in [-0.1, -0.05) is 18.2 Å². The van der Waals surface area contributed by atoms with E-state index in [4.69, 9.17) is 14.6 Å². The molecular weight excluding hydrogens is 342 g/mol. The van der Waals surface area contributed by atoms with Crippen LogP contribution in [0.3, 0.4) is 0 Å². The highest BCUT2D eigenvalue weighted by molar-refractivity contribution is 5.75. The molecule has 1 unspecified atom stereocenters. The number of carboxylic acid groups (broad SMARTS) is 1. The van der Waals surface area contributed by atoms with Crippen molar-refractivity contribution in [3.63, 3.8) is 0 Å². The second-order valence-corrected chi connectivity index (χ2v) is 7.37. The van der Waals surface area contributed by atoms with Crippen LogP contribution in [-0.2, 0) is 19.1 Å². The molecule has 0 saturated carbocycles. The fraction of sp³-hybridized carbons (Fsp3) is 0.556. The molecule has 1 N–H and O–H groups in total. The van der Waals surface area contributed by atoms with E-state index in [0.717, 1.165) is 0 Å². The predicted molar refractivity (Wildman–Crippen MR) is 92.0 cm³/mol. The molecule has 0 saturated heterocycles. The summed E-state index contributed by atoms with van der Waals surface area (Å²) >= 11 is 0. The first-order chi connectivity index (χ1) is 12.0. The van der Waals surface area contributed by atoms with Gasteiger partial charge in [-0.3, -0.25) is 14.9 Å². The lowest BCUT2D eigenvalue weighted by Gasteiger charge is -2.38. The van der Waals surface area contributed by atoms with Gasteiger partial charge in [-0.2, -0.15) is 0 Å². The third-order valence-electron chi connectivity index (χ3n) is 4.32. The van der Waals surface area contributed by atoms with Crippen LogP contribution in [-0.4, -0.2) is 45.3 Å². The summed E-state index contributed by atoms with van der Waals surface area (Å²) in [5, 5.41) is 21.0. The van der Waals surface area contributed by atoms with E-state index in [2.05, 4.69) is 0 Å². The second kappa shape index (κ2) is 7.03. The maximum Gasteiger partial charge on any atom is 0.332 e. The van der Waals surface area contributed by atoms with Crippen molar-refractivity contribution in [2.45, 2.75) is 50.4 Å². The maximum atomic E-state index is 12.0. The molecule has 8 nitrogen and oxygen atoms in total. The number of hydrogen-bond donors (Lipinski definition) is 1. The van der Waals surface area contributed by atoms with Crippen LogP contribution in [0.25, 0.3) is 0 Å². The number of carbonyl (C=O) groups is 2. The van der Waals surface area contributed by atoms with Crippen LogP contribution in [0, 0.1) is 16.0 Å². The summed E-state index contributed by atoms with van der Waals surface area (Å²) in [5.74, 6) is -2.65. The molecule has 0 aliphatic heterocycles. The summed E-state index contributed by atoms with van der Waals surface area (Å²) in [6, 6.07) is 0. The molecule has 0 aromatic rings. The molecule has 142 valence electrons. The van der Waals surface area contributed by atoms with Gasteiger partial charge < -0.3 is 14.6 Å². The zero-order valence-electron chi connectivity index (χ0n) is 15.0. The first kappa shape index (κ1) is 19.8. The Morgan fingerprint density at radius 3 is 2.31 bits per heavy atom. The van der Waals surface area contributed by atoms with E-state index in [-0.39, 0.29) is 0 Å². The number of ether oxygens (including phenoxy) is 2. The Morgan fingerprint density at radius 2 is 1.88 bits per heavy atom. The highest BCUT2D eigenvalue weighted by atomic mass is 16.6. The second-order valence-electron chi connectivity index (χ2n) is 7.37. The molecule has 0 amide bonds. The lowest BCUT2D eigenvalue weighted by Crippen LogP contribution is -2.57. The van der Waals surface area contributed by atoms with Crippen LogP contribution in [0.1, 0.15) is 33.6 Å². The maximum absolute atomic E-state index is 12.0. The molecular formula is C18H23NO7. The lowest BCUT2D eigenvalue weighted by molar-refractivity contribution is -0.562. The Morgan fingerprint density at radius 1 is 1.27 bits per heavy atom. The molecule has 0 fully saturated rings. The van der Waals surface area contributed by atoms with E-state index in [9.17, 15) is 19.7 Å². The van der Waals surface area contributed by atoms with Crippen LogP contribution in [0.2, 0.25) is 0 Å². The average Bonchev–Trinajstić information content (AvgIpc) is 3.01. The smallest absolute Gasteiger partial charge is 0.332 e. The van der Waals surface area contributed by atoms with Crippen molar-refractivity contribution in [2.24, 2.45) is 5.92 Å². The summed E-state index contributed by atoms with van der Waals surface area (Å²) in [5.41, 5.74) is -3.86. The van der Waals surface area contributed by atoms with Gasteiger partial charge in [-0.25, -0.2) is 4.79 Å². The summed E-state index contributed by atoms with van der Waals surface area (Å²) in [7, 11) is 0. The first-order valence-corrected chi connectivity index (χ1v) is 8.31. The van der Waals surface area contributed by atoms with Gasteiger partial charge in [0.25, 0.3) is 5.54 Å². The van der Waals surface area contributed by atoms with Gasteiger partial charge in [-0.15, -0.1) is 0 Å². The van der Waals surface area contributed by atoms with Gasteiger partial charge in [-0.05, 0) is 51.8 Å². The molecule has 0 spiro atoms. The fourth-order valence-electron chi connectivity index (χ4n) is 3.13. The molecule has 26 heavy (non-hydrogen) atoms. The van der Waals surface area contributed by atoms with Gasteiger partial charge in [0.05, 0.1) is 5.92 Å². The highest BCUT2D eigenvalue weighted by Crippen LogP contribution is 2.43. The van der Waals surface area contributed by atoms with E-state index in [0.29, 0.717) is 12.8 Å². The number of carboxylic acids is 1. The van der Waals surface area contributed by atoms with E-state index in [1.165, 1.54) is 24.3 Å². The molecule has 0 heterocycles. The Hall–Kier alpha value is -2.48. The molecule has 8 heteroatoms. The summed E-state index contributed by atoms with van der Waals surface area (Å²) in [6.07, 6.45) is 9.22. The number of allylic oxidation sites excluding steroid dienone is 1. The molecule has 0 aromatic carbocycles. The number of nitrogens with zero attached hydrogens (tertiary/aromatic N) is 1. The largest absolute Gasteiger partial charge is 0.481 e. The molecule has 2 rings (SSSR count). The van der Waals surface area contributed by atoms with Crippen LogP contribution in [0.4, 0.5) is 0 Å². The zero-order valence-corrected chi connectivity index (χ0v) is 15.0. The van der Waals surface area contributed by atoms with Crippen molar-refractivity contribution < 1.29 is 29.1 Å². The van der Waals surface area contributed by atoms with Gasteiger partial charge in [0.1, 0.15) is 12.2 Å². The van der Waals surface area contributed by atoms with Crippen molar-refractivity contribution in [1.82, 2.24) is 0 Å². The summed E-state index contributed by atoms with van der Waals surface area (Å²) < 4.78 is 10.9. The molecule has 2 aliphatic carbocycles. The Bertz CT molecular complexity index is 672. The van der Waals surface area contributed by atoms with E-state index < -0.39 is 46.1 Å². The van der Waals surface area contributed by atoms with Crippen molar-refractivity contribution in [2.75, 3.05) is 6.61 Å². The number of hydrogen-bond acceptors (Lipinski definition) is 6. The number of nitro groups is 1. The third kappa shape index (κ3) is 3.85. The molecule has 0 aromatic heterocycles. The van der Waals surface area contributed by atoms with E-state index >= 15 is 0 Å². The fourth-order valence-corrected chi connectivity index (χ4v) is 3.13. The number of esters is 1. The van der Waals surface area contributed by atoms with Crippen LogP contribution in [0.15, 0.2) is 36.5 Å². The molecule has 0 radical (unpaired) electrons. The standard InChI is InChI=1S/C18H23NO7/c1-16(2,3)26-14(20)12-25-18(8-4-5-9-18)17(19(23)24)10-6-13(7-11-17)15(21)22/h4,6-8,10-11,13H,5,9,12H2,1-3H3,(H,21,22). The highest BCUT2D eigenvalue weighted by Gasteiger charge is 2.60. The van der Waals surface area contributed by atoms with Gasteiger partial charge >= 0.3 is 11.9 Å². The predicted octanol–water partition coefficient (Wildman–Crippen LogP) is 2.28. The molecule has 2 aliphatic rings. The number of carbonyl (C=O) groups excluding carboxylic acids is 1. The van der Waals surface area contributed by atoms with Crippen LogP contribution in [0.5, 0.6) is 0 Å². The normalized spacial score (nSPS) is 30.3. The lowest BCUT2D eigenvalue weighted by atomic mass is 9.75. The monoisotopic (exact) mass is 365 g/mol. The first-order valence-electron chi connectivity index (χ1n) is 8.31. The van der Waals surface area contributed by atoms with Gasteiger partial charge in [0.15, 0.2) is 5.60 Å². The zero-order chi connectivity index (χ0) is 19.6. The number of aliphatic carboxylic acids is 1. The van der Waals surface area contributed by atoms with Gasteiger partial charge in [0.2, 0.25) is 0 Å². The van der Waals surface area contributed by atoms with E-state index in [1.807, 2.05) is 0 Å². The Kier molecular flexibility index (Phi) is 5.36. The van der Waals surface area contributed by atoms with Crippen molar-refractivity contribution >= 4 is 11.9 Å². The Labute approximate surface area is 151 Å². The van der Waals surface area contributed by atoms with Crippen molar-refractivity contribution in [3.8, 4) is 0 Å². The number of rotatable bonds is 6. The minimum Gasteiger partial charge on any atom is -0.481 e. The molecule has 1 atom stereocenters. The minimum atomic E-state index is -1.78. The SMILES string of the molecule is CC(C)(C)OC(=O)COC1(C2([N+](=O)[O-])C=CC(C(=O)O)C=C2)C=CCC1. The summed E-state index contributed by atoms with van der Waals surface area (Å²) in [6.45, 7) is 4.70. The average molecular weight is 365 g/mol. The Balaban J connectivity index is 2.29. The third-order valence-corrected chi connectivity index (χ3v) is 4.32. The van der Waals surface area contributed by atoms with Crippen molar-refractivity contribution in [1.29, 1.82) is 0 Å². The van der Waals surface area contributed by atoms with Gasteiger partial charge in [0, 0.05) is 4.92 Å². The van der Waals surface area contributed by atoms with E-state index in [1.54, 1.807) is 32.9 Å². The quantitative estimate of drug-likeness (QED) is 0.332. The van der Waals surface area contributed by atoms with Crippen LogP contribution < -0.4 is 0 Å². The summed E-state index contributed by atoms with van der Waals surface area (Å²) in [4.78, 5) is 34.5. The van der Waals surface area contributed by atoms with Crippen molar-refractivity contribution in [3.05, 3.63) is 46.6 Å².